The van der Waals surface area contributed by atoms with Gasteiger partial charge in [0.15, 0.2) is 0 Å². The molecule has 0 atom stereocenters. The molecular weight excluding hydrogens is 134 g/mol. The maximum absolute atomic E-state index is 7.44. The average molecular weight is 143 g/mol. The lowest BCUT2D eigenvalue weighted by Crippen LogP contribution is -1.99. The SMILES string of the molecule is C#CC1=C/C(=C/C)C(=N)C=C1. The first-order chi connectivity index (χ1) is 5.27. The third-order valence-corrected chi connectivity index (χ3v) is 1.53. The predicted octanol–water partition coefficient (Wildman–Crippen LogP) is 2.08. The molecule has 1 aliphatic carbocycles. The molecule has 0 aromatic heterocycles. The highest BCUT2D eigenvalue weighted by molar-refractivity contribution is 6.10. The number of terminal acetylenes is 1. The minimum absolute atomic E-state index is 0.520. The van der Waals surface area contributed by atoms with Gasteiger partial charge in [0.05, 0.1) is 5.71 Å². The van der Waals surface area contributed by atoms with Gasteiger partial charge >= 0.3 is 0 Å². The topological polar surface area (TPSA) is 23.9 Å². The lowest BCUT2D eigenvalue weighted by Gasteiger charge is -2.04. The number of hydrogen-bond donors (Lipinski definition) is 1. The van der Waals surface area contributed by atoms with Gasteiger partial charge in [-0.1, -0.05) is 12.0 Å². The Balaban J connectivity index is 3.05. The van der Waals surface area contributed by atoms with Gasteiger partial charge in [-0.2, -0.15) is 0 Å². The first-order valence-electron chi connectivity index (χ1n) is 3.39. The quantitative estimate of drug-likeness (QED) is 0.502. The van der Waals surface area contributed by atoms with Crippen molar-refractivity contribution in [3.63, 3.8) is 0 Å². The van der Waals surface area contributed by atoms with Gasteiger partial charge in [-0.25, -0.2) is 0 Å². The van der Waals surface area contributed by atoms with E-state index >= 15 is 0 Å². The molecule has 0 saturated carbocycles. The third-order valence-electron chi connectivity index (χ3n) is 1.53. The van der Waals surface area contributed by atoms with Crippen molar-refractivity contribution in [2.75, 3.05) is 0 Å². The molecule has 1 heteroatoms. The molecule has 1 nitrogen and oxygen atoms in total. The molecule has 0 spiro atoms. The molecule has 1 aliphatic rings. The molecule has 0 unspecified atom stereocenters. The van der Waals surface area contributed by atoms with Crippen LogP contribution in [0.15, 0.2) is 35.5 Å². The van der Waals surface area contributed by atoms with Crippen molar-refractivity contribution in [1.82, 2.24) is 0 Å². The molecule has 0 radical (unpaired) electrons. The van der Waals surface area contributed by atoms with E-state index in [9.17, 15) is 0 Å². The highest BCUT2D eigenvalue weighted by Gasteiger charge is 2.02. The van der Waals surface area contributed by atoms with Crippen molar-refractivity contribution < 1.29 is 0 Å². The van der Waals surface area contributed by atoms with E-state index < -0.39 is 0 Å². The van der Waals surface area contributed by atoms with Crippen LogP contribution in [0.3, 0.4) is 0 Å². The van der Waals surface area contributed by atoms with Crippen LogP contribution in [0.4, 0.5) is 0 Å². The van der Waals surface area contributed by atoms with Crippen LogP contribution < -0.4 is 0 Å². The number of hydrogen-bond acceptors (Lipinski definition) is 1. The van der Waals surface area contributed by atoms with Gasteiger partial charge in [0, 0.05) is 5.57 Å². The molecule has 1 rings (SSSR count). The fourth-order valence-corrected chi connectivity index (χ4v) is 0.891. The van der Waals surface area contributed by atoms with E-state index in [1.807, 2.05) is 19.1 Å². The van der Waals surface area contributed by atoms with E-state index in [0.717, 1.165) is 11.1 Å². The third kappa shape index (κ3) is 1.47. The monoisotopic (exact) mass is 143 g/mol. The standard InChI is InChI=1S/C10H9N/c1-3-8-5-6-10(11)9(4-2)7-8/h1,4-7,11H,2H3/b9-4-,11-10?. The Hall–Kier alpha value is -1.55. The van der Waals surface area contributed by atoms with Crippen molar-refractivity contribution in [3.8, 4) is 12.3 Å². The molecule has 0 saturated heterocycles. The van der Waals surface area contributed by atoms with E-state index in [1.54, 1.807) is 12.2 Å². The van der Waals surface area contributed by atoms with Gasteiger partial charge in [-0.15, -0.1) is 6.42 Å². The van der Waals surface area contributed by atoms with Crippen LogP contribution in [0.1, 0.15) is 6.92 Å². The second kappa shape index (κ2) is 3.03. The summed E-state index contributed by atoms with van der Waals surface area (Å²) in [5, 5.41) is 7.44. The van der Waals surface area contributed by atoms with Crippen LogP contribution in [0.2, 0.25) is 0 Å². The second-order valence-corrected chi connectivity index (χ2v) is 2.24. The summed E-state index contributed by atoms with van der Waals surface area (Å²) in [6.45, 7) is 1.90. The zero-order valence-corrected chi connectivity index (χ0v) is 6.39. The second-order valence-electron chi connectivity index (χ2n) is 2.24. The molecule has 0 fully saturated rings. The van der Waals surface area contributed by atoms with Gasteiger partial charge < -0.3 is 5.41 Å². The molecule has 0 aliphatic heterocycles. The van der Waals surface area contributed by atoms with Crippen LogP contribution in [-0.2, 0) is 0 Å². The van der Waals surface area contributed by atoms with Crippen LogP contribution in [0, 0.1) is 17.8 Å². The summed E-state index contributed by atoms with van der Waals surface area (Å²) in [7, 11) is 0. The van der Waals surface area contributed by atoms with Gasteiger partial charge in [-0.3, -0.25) is 0 Å². The Bertz CT molecular complexity index is 308. The van der Waals surface area contributed by atoms with Crippen molar-refractivity contribution in [3.05, 3.63) is 35.5 Å². The predicted molar refractivity (Wildman–Crippen MR) is 47.5 cm³/mol. The summed E-state index contributed by atoms with van der Waals surface area (Å²) in [5.74, 6) is 2.53. The Morgan fingerprint density at radius 2 is 2.27 bits per heavy atom. The lowest BCUT2D eigenvalue weighted by molar-refractivity contribution is 1.47. The maximum Gasteiger partial charge on any atom is 0.0609 e. The Morgan fingerprint density at radius 3 is 2.82 bits per heavy atom. The molecular formula is C10H9N. The fourth-order valence-electron chi connectivity index (χ4n) is 0.891. The van der Waals surface area contributed by atoms with Crippen LogP contribution in [0.25, 0.3) is 0 Å². The maximum atomic E-state index is 7.44. The highest BCUT2D eigenvalue weighted by atomic mass is 14.4. The number of allylic oxidation sites excluding steroid dienone is 6. The summed E-state index contributed by atoms with van der Waals surface area (Å²) in [6, 6.07) is 0. The first kappa shape index (κ1) is 7.56. The minimum atomic E-state index is 0.520. The Labute approximate surface area is 66.6 Å². The lowest BCUT2D eigenvalue weighted by atomic mass is 10.0. The first-order valence-corrected chi connectivity index (χ1v) is 3.39. The molecule has 0 amide bonds. The van der Waals surface area contributed by atoms with Gasteiger partial charge in [0.2, 0.25) is 0 Å². The fraction of sp³-hybridized carbons (Fsp3) is 0.100. The highest BCUT2D eigenvalue weighted by Crippen LogP contribution is 2.11. The number of nitrogens with one attached hydrogen (secondary N) is 1. The Kier molecular flexibility index (Phi) is 2.08. The van der Waals surface area contributed by atoms with E-state index in [1.165, 1.54) is 0 Å². The van der Waals surface area contributed by atoms with Gasteiger partial charge in [0.25, 0.3) is 0 Å². The van der Waals surface area contributed by atoms with Gasteiger partial charge in [0.1, 0.15) is 0 Å². The Morgan fingerprint density at radius 1 is 1.55 bits per heavy atom. The molecule has 1 N–H and O–H groups in total. The van der Waals surface area contributed by atoms with Crippen molar-refractivity contribution in [1.29, 1.82) is 5.41 Å². The van der Waals surface area contributed by atoms with Crippen LogP contribution in [0.5, 0.6) is 0 Å². The zero-order chi connectivity index (χ0) is 8.27. The minimum Gasteiger partial charge on any atom is -0.300 e. The summed E-state index contributed by atoms with van der Waals surface area (Å²) < 4.78 is 0. The molecule has 0 aromatic carbocycles. The number of rotatable bonds is 0. The zero-order valence-electron chi connectivity index (χ0n) is 6.39. The molecule has 0 bridgehead atoms. The van der Waals surface area contributed by atoms with E-state index in [2.05, 4.69) is 5.92 Å². The molecule has 0 heterocycles. The van der Waals surface area contributed by atoms with Crippen molar-refractivity contribution >= 4 is 5.71 Å². The summed E-state index contributed by atoms with van der Waals surface area (Å²) >= 11 is 0. The smallest absolute Gasteiger partial charge is 0.0609 e. The largest absolute Gasteiger partial charge is 0.300 e. The molecule has 54 valence electrons. The average Bonchev–Trinajstić information content (AvgIpc) is 2.05. The van der Waals surface area contributed by atoms with Crippen molar-refractivity contribution in [2.45, 2.75) is 6.92 Å². The van der Waals surface area contributed by atoms with Crippen LogP contribution >= 0.6 is 0 Å². The van der Waals surface area contributed by atoms with Gasteiger partial charge in [-0.05, 0) is 30.7 Å². The normalized spacial score (nSPS) is 19.8. The summed E-state index contributed by atoms with van der Waals surface area (Å²) in [5.41, 5.74) is 2.24. The van der Waals surface area contributed by atoms with E-state index in [4.69, 9.17) is 11.8 Å². The summed E-state index contributed by atoms with van der Waals surface area (Å²) in [4.78, 5) is 0. The molecule has 0 aromatic rings. The van der Waals surface area contributed by atoms with E-state index in [0.29, 0.717) is 5.71 Å². The summed E-state index contributed by atoms with van der Waals surface area (Å²) in [6.07, 6.45) is 12.4. The molecule has 11 heavy (non-hydrogen) atoms. The van der Waals surface area contributed by atoms with E-state index in [-0.39, 0.29) is 0 Å². The van der Waals surface area contributed by atoms with Crippen LogP contribution in [-0.4, -0.2) is 5.71 Å². The van der Waals surface area contributed by atoms with Crippen molar-refractivity contribution in [2.24, 2.45) is 0 Å².